The average molecular weight is 418 g/mol. The number of nitrogens with one attached hydrogen (secondary N) is 2. The fraction of sp³-hybridized carbons (Fsp3) is 0.368. The van der Waals surface area contributed by atoms with Crippen LogP contribution in [-0.4, -0.2) is 44.8 Å². The van der Waals surface area contributed by atoms with E-state index in [1.54, 1.807) is 6.20 Å². The molecule has 8 nitrogen and oxygen atoms in total. The van der Waals surface area contributed by atoms with Gasteiger partial charge < -0.3 is 16.0 Å². The molecule has 0 saturated heterocycles. The van der Waals surface area contributed by atoms with E-state index in [0.29, 0.717) is 11.7 Å². The van der Waals surface area contributed by atoms with E-state index in [4.69, 9.17) is 5.73 Å². The molecule has 0 atom stereocenters. The van der Waals surface area contributed by atoms with Gasteiger partial charge in [-0.3, -0.25) is 10.1 Å². The zero-order valence-corrected chi connectivity index (χ0v) is 16.7. The SMILES string of the molecule is CNc1ncc(N)c(-c2n[nH]c(-c3cc4c(cn3)N(C(C)C)CC4)n2)c1C(F)(F)F. The van der Waals surface area contributed by atoms with E-state index in [2.05, 4.69) is 49.2 Å². The van der Waals surface area contributed by atoms with Crippen molar-refractivity contribution in [2.45, 2.75) is 32.5 Å². The number of hydrogen-bond donors (Lipinski definition) is 3. The number of aromatic amines is 1. The Balaban J connectivity index is 1.77. The fourth-order valence-electron chi connectivity index (χ4n) is 3.70. The minimum Gasteiger partial charge on any atom is -0.397 e. The van der Waals surface area contributed by atoms with E-state index in [1.165, 1.54) is 7.05 Å². The van der Waals surface area contributed by atoms with Crippen LogP contribution in [0, 0.1) is 0 Å². The van der Waals surface area contributed by atoms with Crippen molar-refractivity contribution < 1.29 is 13.2 Å². The molecule has 0 fully saturated rings. The molecule has 1 aliphatic rings. The number of nitrogens with zero attached hydrogens (tertiary/aromatic N) is 5. The van der Waals surface area contributed by atoms with Crippen LogP contribution in [0.15, 0.2) is 18.5 Å². The number of halogens is 3. The zero-order valence-electron chi connectivity index (χ0n) is 16.7. The Bertz CT molecular complexity index is 1090. The molecule has 11 heteroatoms. The summed E-state index contributed by atoms with van der Waals surface area (Å²) in [6.07, 6.45) is -0.907. The Morgan fingerprint density at radius 2 is 2.00 bits per heavy atom. The smallest absolute Gasteiger partial charge is 0.397 e. The van der Waals surface area contributed by atoms with Crippen molar-refractivity contribution >= 4 is 17.2 Å². The Morgan fingerprint density at radius 1 is 1.23 bits per heavy atom. The summed E-state index contributed by atoms with van der Waals surface area (Å²) in [5, 5.41) is 9.13. The Hall–Kier alpha value is -3.37. The van der Waals surface area contributed by atoms with Crippen LogP contribution in [0.3, 0.4) is 0 Å². The van der Waals surface area contributed by atoms with Gasteiger partial charge in [0.1, 0.15) is 17.1 Å². The number of alkyl halides is 3. The number of hydrogen-bond acceptors (Lipinski definition) is 7. The average Bonchev–Trinajstić information content (AvgIpc) is 3.33. The first-order valence-corrected chi connectivity index (χ1v) is 9.42. The molecule has 3 aromatic rings. The standard InChI is InChI=1S/C19H21F3N8/c1-9(2)30-5-4-10-6-12(25-8-13(10)30)16-27-17(29-28-16)14-11(23)7-26-18(24-3)15(14)19(20,21)22/h6-9H,4-5,23H2,1-3H3,(H,24,26)(H,27,28,29). The van der Waals surface area contributed by atoms with E-state index in [1.807, 2.05) is 6.07 Å². The second-order valence-corrected chi connectivity index (χ2v) is 7.30. The third-order valence-electron chi connectivity index (χ3n) is 5.10. The molecule has 4 rings (SSSR count). The second kappa shape index (κ2) is 7.15. The van der Waals surface area contributed by atoms with Crippen LogP contribution >= 0.6 is 0 Å². The molecule has 30 heavy (non-hydrogen) atoms. The van der Waals surface area contributed by atoms with Gasteiger partial charge in [-0.1, -0.05) is 0 Å². The molecule has 0 radical (unpaired) electrons. The molecular formula is C19H21F3N8. The van der Waals surface area contributed by atoms with Crippen LogP contribution in [0.1, 0.15) is 25.0 Å². The third kappa shape index (κ3) is 3.29. The highest BCUT2D eigenvalue weighted by atomic mass is 19.4. The van der Waals surface area contributed by atoms with Gasteiger partial charge in [0.05, 0.1) is 29.3 Å². The normalized spacial score (nSPS) is 13.8. The van der Waals surface area contributed by atoms with E-state index in [-0.39, 0.29) is 28.7 Å². The first-order valence-electron chi connectivity index (χ1n) is 9.42. The zero-order chi connectivity index (χ0) is 21.6. The van der Waals surface area contributed by atoms with E-state index in [9.17, 15) is 13.2 Å². The summed E-state index contributed by atoms with van der Waals surface area (Å²) in [4.78, 5) is 14.7. The predicted molar refractivity (Wildman–Crippen MR) is 108 cm³/mol. The lowest BCUT2D eigenvalue weighted by atomic mass is 10.1. The van der Waals surface area contributed by atoms with Gasteiger partial charge in [-0.15, -0.1) is 0 Å². The molecule has 0 spiro atoms. The minimum atomic E-state index is -4.69. The third-order valence-corrected chi connectivity index (χ3v) is 5.10. The molecule has 0 aromatic carbocycles. The molecule has 0 bridgehead atoms. The van der Waals surface area contributed by atoms with Crippen LogP contribution in [0.4, 0.5) is 30.4 Å². The van der Waals surface area contributed by atoms with Crippen LogP contribution in [0.2, 0.25) is 0 Å². The van der Waals surface area contributed by atoms with Gasteiger partial charge in [-0.2, -0.15) is 18.3 Å². The fourth-order valence-corrected chi connectivity index (χ4v) is 3.70. The van der Waals surface area contributed by atoms with Crippen LogP contribution in [0.25, 0.3) is 22.9 Å². The highest BCUT2D eigenvalue weighted by Gasteiger charge is 2.39. The van der Waals surface area contributed by atoms with Crippen molar-refractivity contribution in [2.75, 3.05) is 29.5 Å². The predicted octanol–water partition coefficient (Wildman–Crippen LogP) is 3.34. The Morgan fingerprint density at radius 3 is 2.67 bits per heavy atom. The number of nitrogens with two attached hydrogens (primary N) is 1. The quantitative estimate of drug-likeness (QED) is 0.596. The number of fused-ring (bicyclic) bond motifs is 1. The van der Waals surface area contributed by atoms with Gasteiger partial charge in [0, 0.05) is 19.6 Å². The number of aromatic nitrogens is 5. The van der Waals surface area contributed by atoms with Gasteiger partial charge >= 0.3 is 6.18 Å². The summed E-state index contributed by atoms with van der Waals surface area (Å²) in [5.74, 6) is -0.242. The van der Waals surface area contributed by atoms with Crippen molar-refractivity contribution in [3.8, 4) is 22.9 Å². The summed E-state index contributed by atoms with van der Waals surface area (Å²) >= 11 is 0. The summed E-state index contributed by atoms with van der Waals surface area (Å²) in [6.45, 7) is 5.13. The maximum atomic E-state index is 13.7. The van der Waals surface area contributed by atoms with Crippen LogP contribution in [0.5, 0.6) is 0 Å². The summed E-state index contributed by atoms with van der Waals surface area (Å²) in [7, 11) is 1.36. The van der Waals surface area contributed by atoms with Gasteiger partial charge in [0.2, 0.25) is 0 Å². The maximum absolute atomic E-state index is 13.7. The molecule has 0 amide bonds. The summed E-state index contributed by atoms with van der Waals surface area (Å²) in [5.41, 5.74) is 7.02. The van der Waals surface area contributed by atoms with Gasteiger partial charge in [-0.25, -0.2) is 9.97 Å². The van der Waals surface area contributed by atoms with E-state index < -0.39 is 11.7 Å². The summed E-state index contributed by atoms with van der Waals surface area (Å²) < 4.78 is 41.2. The molecule has 0 saturated carbocycles. The topological polar surface area (TPSA) is 109 Å². The molecule has 3 aromatic heterocycles. The van der Waals surface area contributed by atoms with E-state index in [0.717, 1.165) is 30.4 Å². The van der Waals surface area contributed by atoms with Gasteiger partial charge in [-0.05, 0) is 31.9 Å². The molecule has 0 unspecified atom stereocenters. The number of pyridine rings is 2. The second-order valence-electron chi connectivity index (χ2n) is 7.30. The monoisotopic (exact) mass is 418 g/mol. The largest absolute Gasteiger partial charge is 0.420 e. The molecule has 1 aliphatic heterocycles. The minimum absolute atomic E-state index is 0.165. The van der Waals surface area contributed by atoms with Crippen LogP contribution < -0.4 is 16.0 Å². The number of anilines is 3. The lowest BCUT2D eigenvalue weighted by Gasteiger charge is -2.23. The molecule has 4 heterocycles. The Kier molecular flexibility index (Phi) is 4.75. The van der Waals surface area contributed by atoms with Crippen molar-refractivity contribution in [2.24, 2.45) is 0 Å². The summed E-state index contributed by atoms with van der Waals surface area (Å²) in [6, 6.07) is 2.24. The lowest BCUT2D eigenvalue weighted by molar-refractivity contribution is -0.136. The van der Waals surface area contributed by atoms with Crippen LogP contribution in [-0.2, 0) is 12.6 Å². The Labute approximate surface area is 170 Å². The maximum Gasteiger partial charge on any atom is 0.420 e. The first-order chi connectivity index (χ1) is 14.2. The first kappa shape index (κ1) is 19.9. The molecule has 158 valence electrons. The van der Waals surface area contributed by atoms with Crippen molar-refractivity contribution in [3.05, 3.63) is 29.6 Å². The highest BCUT2D eigenvalue weighted by Crippen LogP contribution is 2.42. The lowest BCUT2D eigenvalue weighted by Crippen LogP contribution is -2.28. The van der Waals surface area contributed by atoms with Crippen molar-refractivity contribution in [1.29, 1.82) is 0 Å². The van der Waals surface area contributed by atoms with Crippen molar-refractivity contribution in [1.82, 2.24) is 25.1 Å². The van der Waals surface area contributed by atoms with Crippen molar-refractivity contribution in [3.63, 3.8) is 0 Å². The van der Waals surface area contributed by atoms with E-state index >= 15 is 0 Å². The van der Waals surface area contributed by atoms with Gasteiger partial charge in [0.25, 0.3) is 0 Å². The molecular weight excluding hydrogens is 397 g/mol. The number of rotatable bonds is 4. The highest BCUT2D eigenvalue weighted by molar-refractivity contribution is 5.80. The molecule has 4 N–H and O–H groups in total. The number of nitrogen functional groups attached to an aromatic ring is 1. The number of H-pyrrole nitrogens is 1. The molecule has 0 aliphatic carbocycles. The van der Waals surface area contributed by atoms with Gasteiger partial charge in [0.15, 0.2) is 11.6 Å².